The van der Waals surface area contributed by atoms with Gasteiger partial charge in [0.1, 0.15) is 5.75 Å². The van der Waals surface area contributed by atoms with Crippen LogP contribution < -0.4 is 10.1 Å². The fourth-order valence-corrected chi connectivity index (χ4v) is 2.93. The Hall–Kier alpha value is -2.04. The maximum Gasteiger partial charge on any atom is 0.251 e. The molecule has 0 saturated carbocycles. The number of ether oxygens (including phenoxy) is 1. The van der Waals surface area contributed by atoms with E-state index >= 15 is 0 Å². The van der Waals surface area contributed by atoms with Gasteiger partial charge in [0.25, 0.3) is 5.91 Å². The van der Waals surface area contributed by atoms with E-state index < -0.39 is 0 Å². The molecule has 1 heterocycles. The summed E-state index contributed by atoms with van der Waals surface area (Å²) in [6.07, 6.45) is 1.70. The Kier molecular flexibility index (Phi) is 6.09. The Balaban J connectivity index is 1.85. The molecular formula is C20H30N2O3. The van der Waals surface area contributed by atoms with Gasteiger partial charge in [-0.25, -0.2) is 0 Å². The van der Waals surface area contributed by atoms with Crippen LogP contribution in [0.5, 0.6) is 5.75 Å². The molecule has 1 fully saturated rings. The van der Waals surface area contributed by atoms with Gasteiger partial charge in [-0.05, 0) is 51.0 Å². The number of likely N-dealkylation sites (tertiary alicyclic amines) is 1. The lowest BCUT2D eigenvalue weighted by Gasteiger charge is -2.36. The van der Waals surface area contributed by atoms with E-state index in [1.807, 2.05) is 51.7 Å². The van der Waals surface area contributed by atoms with Crippen LogP contribution >= 0.6 is 0 Å². The zero-order chi connectivity index (χ0) is 18.6. The average Bonchev–Trinajstić information content (AvgIpc) is 2.54. The van der Waals surface area contributed by atoms with Gasteiger partial charge in [0.15, 0.2) is 0 Å². The van der Waals surface area contributed by atoms with E-state index in [-0.39, 0.29) is 29.4 Å². The summed E-state index contributed by atoms with van der Waals surface area (Å²) in [7, 11) is 0. The summed E-state index contributed by atoms with van der Waals surface area (Å²) >= 11 is 0. The minimum atomic E-state index is -0.351. The van der Waals surface area contributed by atoms with Crippen LogP contribution in [0.25, 0.3) is 0 Å². The van der Waals surface area contributed by atoms with Crippen LogP contribution in [-0.2, 0) is 4.79 Å². The fraction of sp³-hybridized carbons (Fsp3) is 0.600. The number of hydrogen-bond donors (Lipinski definition) is 1. The molecule has 0 spiro atoms. The molecule has 1 aliphatic heterocycles. The smallest absolute Gasteiger partial charge is 0.251 e. The number of piperidine rings is 1. The highest BCUT2D eigenvalue weighted by molar-refractivity contribution is 5.94. The minimum Gasteiger partial charge on any atom is -0.491 e. The van der Waals surface area contributed by atoms with Crippen molar-refractivity contribution in [2.75, 3.05) is 13.1 Å². The third-order valence-electron chi connectivity index (χ3n) is 4.25. The molecule has 2 amide bonds. The van der Waals surface area contributed by atoms with Crippen molar-refractivity contribution in [1.82, 2.24) is 10.2 Å². The molecular weight excluding hydrogens is 316 g/mol. The summed E-state index contributed by atoms with van der Waals surface area (Å²) < 4.78 is 5.59. The first-order valence-electron chi connectivity index (χ1n) is 9.04. The Bertz CT molecular complexity index is 594. The van der Waals surface area contributed by atoms with Gasteiger partial charge < -0.3 is 15.0 Å². The van der Waals surface area contributed by atoms with E-state index in [0.29, 0.717) is 18.7 Å². The lowest BCUT2D eigenvalue weighted by Crippen LogP contribution is -2.49. The van der Waals surface area contributed by atoms with Crippen molar-refractivity contribution in [3.63, 3.8) is 0 Å². The third kappa shape index (κ3) is 5.48. The van der Waals surface area contributed by atoms with Crippen LogP contribution in [0.4, 0.5) is 0 Å². The molecule has 5 heteroatoms. The van der Waals surface area contributed by atoms with Crippen molar-refractivity contribution in [2.24, 2.45) is 5.41 Å². The summed E-state index contributed by atoms with van der Waals surface area (Å²) in [5, 5.41) is 3.08. The fourth-order valence-electron chi connectivity index (χ4n) is 2.93. The molecule has 5 nitrogen and oxygen atoms in total. The number of rotatable bonds is 4. The molecule has 0 atom stereocenters. The number of nitrogens with zero attached hydrogens (tertiary/aromatic N) is 1. The van der Waals surface area contributed by atoms with E-state index in [2.05, 4.69) is 5.32 Å². The number of carbonyl (C=O) groups is 2. The van der Waals surface area contributed by atoms with Crippen LogP contribution in [0.2, 0.25) is 0 Å². The van der Waals surface area contributed by atoms with Gasteiger partial charge >= 0.3 is 0 Å². The number of hydrogen-bond acceptors (Lipinski definition) is 3. The summed E-state index contributed by atoms with van der Waals surface area (Å²) in [6, 6.07) is 7.32. The SMILES string of the molecule is CC(C)Oc1ccc(C(=O)NC2CCN(C(=O)C(C)(C)C)CC2)cc1. The third-order valence-corrected chi connectivity index (χ3v) is 4.25. The van der Waals surface area contributed by atoms with Gasteiger partial charge in [-0.1, -0.05) is 20.8 Å². The second kappa shape index (κ2) is 7.89. The molecule has 0 bridgehead atoms. The van der Waals surface area contributed by atoms with Gasteiger partial charge in [-0.2, -0.15) is 0 Å². The highest BCUT2D eigenvalue weighted by Gasteiger charge is 2.30. The molecule has 0 radical (unpaired) electrons. The topological polar surface area (TPSA) is 58.6 Å². The highest BCUT2D eigenvalue weighted by atomic mass is 16.5. The predicted octanol–water partition coefficient (Wildman–Crippen LogP) is 3.24. The van der Waals surface area contributed by atoms with Crippen molar-refractivity contribution >= 4 is 11.8 Å². The van der Waals surface area contributed by atoms with E-state index in [9.17, 15) is 9.59 Å². The van der Waals surface area contributed by atoms with Gasteiger partial charge in [0.05, 0.1) is 6.10 Å². The van der Waals surface area contributed by atoms with Crippen LogP contribution in [0, 0.1) is 5.41 Å². The monoisotopic (exact) mass is 346 g/mol. The zero-order valence-electron chi connectivity index (χ0n) is 16.0. The Labute approximate surface area is 150 Å². The summed E-state index contributed by atoms with van der Waals surface area (Å²) in [6.45, 7) is 11.2. The number of amides is 2. The quantitative estimate of drug-likeness (QED) is 0.910. The standard InChI is InChI=1S/C20H30N2O3/c1-14(2)25-17-8-6-15(7-9-17)18(23)21-16-10-12-22(13-11-16)19(24)20(3,4)5/h6-9,14,16H,10-13H2,1-5H3,(H,21,23). The van der Waals surface area contributed by atoms with E-state index in [4.69, 9.17) is 4.74 Å². The van der Waals surface area contributed by atoms with Gasteiger partial charge in [-0.3, -0.25) is 9.59 Å². The highest BCUT2D eigenvalue weighted by Crippen LogP contribution is 2.21. The van der Waals surface area contributed by atoms with Crippen LogP contribution in [-0.4, -0.2) is 41.9 Å². The minimum absolute atomic E-state index is 0.0725. The molecule has 1 N–H and O–H groups in total. The van der Waals surface area contributed by atoms with E-state index in [1.165, 1.54) is 0 Å². The molecule has 1 saturated heterocycles. The molecule has 0 aliphatic carbocycles. The first-order chi connectivity index (χ1) is 11.7. The molecule has 138 valence electrons. The largest absolute Gasteiger partial charge is 0.491 e. The number of benzene rings is 1. The van der Waals surface area contributed by atoms with Crippen LogP contribution in [0.3, 0.4) is 0 Å². The zero-order valence-corrected chi connectivity index (χ0v) is 16.0. The molecule has 25 heavy (non-hydrogen) atoms. The van der Waals surface area contributed by atoms with Crippen molar-refractivity contribution in [1.29, 1.82) is 0 Å². The normalized spacial score (nSPS) is 16.0. The molecule has 0 unspecified atom stereocenters. The average molecular weight is 346 g/mol. The molecule has 1 aromatic rings. The number of nitrogens with one attached hydrogen (secondary N) is 1. The van der Waals surface area contributed by atoms with Gasteiger partial charge in [0.2, 0.25) is 5.91 Å². The van der Waals surface area contributed by atoms with Crippen LogP contribution in [0.1, 0.15) is 57.8 Å². The number of carbonyl (C=O) groups excluding carboxylic acids is 2. The van der Waals surface area contributed by atoms with Crippen molar-refractivity contribution < 1.29 is 14.3 Å². The molecule has 2 rings (SSSR count). The summed E-state index contributed by atoms with van der Waals surface area (Å²) in [5.74, 6) is 0.871. The molecule has 0 aromatic heterocycles. The van der Waals surface area contributed by atoms with Gasteiger partial charge in [0, 0.05) is 30.1 Å². The first kappa shape index (κ1) is 19.3. The Morgan fingerprint density at radius 2 is 1.68 bits per heavy atom. The molecule has 1 aliphatic rings. The Morgan fingerprint density at radius 1 is 1.12 bits per heavy atom. The maximum absolute atomic E-state index is 12.4. The lowest BCUT2D eigenvalue weighted by molar-refractivity contribution is -0.140. The van der Waals surface area contributed by atoms with Crippen molar-refractivity contribution in [2.45, 2.75) is 59.6 Å². The lowest BCUT2D eigenvalue weighted by atomic mass is 9.93. The van der Waals surface area contributed by atoms with E-state index in [1.54, 1.807) is 12.1 Å². The second-order valence-electron chi connectivity index (χ2n) is 7.98. The van der Waals surface area contributed by atoms with Crippen LogP contribution in [0.15, 0.2) is 24.3 Å². The maximum atomic E-state index is 12.4. The van der Waals surface area contributed by atoms with Gasteiger partial charge in [-0.15, -0.1) is 0 Å². The summed E-state index contributed by atoms with van der Waals surface area (Å²) in [5.41, 5.74) is 0.278. The second-order valence-corrected chi connectivity index (χ2v) is 7.98. The molecule has 1 aromatic carbocycles. The summed E-state index contributed by atoms with van der Waals surface area (Å²) in [4.78, 5) is 26.6. The van der Waals surface area contributed by atoms with Crippen molar-refractivity contribution in [3.8, 4) is 5.75 Å². The Morgan fingerprint density at radius 3 is 2.16 bits per heavy atom. The van der Waals surface area contributed by atoms with E-state index in [0.717, 1.165) is 18.6 Å². The first-order valence-corrected chi connectivity index (χ1v) is 9.04. The van der Waals surface area contributed by atoms with Crippen molar-refractivity contribution in [3.05, 3.63) is 29.8 Å². The predicted molar refractivity (Wildman–Crippen MR) is 98.7 cm³/mol.